The monoisotopic (exact) mass is 323 g/mol. The minimum atomic E-state index is -1.63. The largest absolute Gasteiger partial charge is 0.409 e. The Labute approximate surface area is 134 Å². The molecule has 0 aromatic heterocycles. The van der Waals surface area contributed by atoms with Crippen LogP contribution in [0.15, 0.2) is 5.11 Å². The van der Waals surface area contributed by atoms with Gasteiger partial charge in [-0.25, -0.2) is 0 Å². The molecule has 1 aliphatic heterocycles. The maximum atomic E-state index is 8.56. The van der Waals surface area contributed by atoms with Crippen LogP contribution in [0, 0.1) is 5.92 Å². The normalized spacial score (nSPS) is 36.5. The van der Waals surface area contributed by atoms with Crippen molar-refractivity contribution < 1.29 is 9.16 Å². The number of azide groups is 1. The molecule has 0 bridgehead atoms. The van der Waals surface area contributed by atoms with Crippen LogP contribution in [-0.2, 0) is 9.16 Å². The van der Waals surface area contributed by atoms with Crippen molar-refractivity contribution in [2.75, 3.05) is 6.54 Å². The molecule has 3 atom stereocenters. The smallest absolute Gasteiger partial charge is 0.184 e. The van der Waals surface area contributed by atoms with Crippen LogP contribution in [0.25, 0.3) is 10.4 Å². The van der Waals surface area contributed by atoms with Crippen LogP contribution < -0.4 is 0 Å². The Morgan fingerprint density at radius 3 is 2.59 bits per heavy atom. The van der Waals surface area contributed by atoms with Crippen LogP contribution in [0.2, 0.25) is 19.6 Å². The second-order valence-corrected chi connectivity index (χ2v) is 12.6. The zero-order valence-electron chi connectivity index (χ0n) is 14.2. The van der Waals surface area contributed by atoms with E-state index in [1.54, 1.807) is 0 Å². The van der Waals surface area contributed by atoms with Crippen molar-refractivity contribution in [1.29, 1.82) is 0 Å². The summed E-state index contributed by atoms with van der Waals surface area (Å²) in [5.74, 6) is 0.492. The molecule has 3 aliphatic rings. The van der Waals surface area contributed by atoms with Crippen molar-refractivity contribution >= 4 is 8.32 Å². The van der Waals surface area contributed by atoms with Crippen molar-refractivity contribution in [1.82, 2.24) is 0 Å². The lowest BCUT2D eigenvalue weighted by Crippen LogP contribution is -2.56. The van der Waals surface area contributed by atoms with E-state index in [2.05, 4.69) is 29.7 Å². The van der Waals surface area contributed by atoms with Gasteiger partial charge in [-0.15, -0.1) is 0 Å². The van der Waals surface area contributed by atoms with Crippen LogP contribution >= 0.6 is 0 Å². The molecule has 0 aromatic carbocycles. The molecule has 22 heavy (non-hydrogen) atoms. The zero-order valence-corrected chi connectivity index (χ0v) is 15.2. The first-order valence-corrected chi connectivity index (χ1v) is 12.2. The molecule has 2 aliphatic carbocycles. The molecule has 0 radical (unpaired) electrons. The van der Waals surface area contributed by atoms with E-state index in [-0.39, 0.29) is 11.2 Å². The van der Waals surface area contributed by atoms with Crippen LogP contribution in [0.5, 0.6) is 0 Å². The maximum Gasteiger partial charge on any atom is 0.184 e. The van der Waals surface area contributed by atoms with Gasteiger partial charge in [0.1, 0.15) is 5.60 Å². The maximum absolute atomic E-state index is 8.56. The average Bonchev–Trinajstić information content (AvgIpc) is 3.04. The highest BCUT2D eigenvalue weighted by Gasteiger charge is 2.73. The highest BCUT2D eigenvalue weighted by atomic mass is 28.4. The van der Waals surface area contributed by atoms with E-state index in [1.165, 1.54) is 32.1 Å². The van der Waals surface area contributed by atoms with Crippen LogP contribution in [0.3, 0.4) is 0 Å². The van der Waals surface area contributed by atoms with Gasteiger partial charge in [-0.3, -0.25) is 0 Å². The summed E-state index contributed by atoms with van der Waals surface area (Å²) < 4.78 is 13.2. The SMILES string of the molecule is C[Si](C)(C)OC1([C@@]23O[C@@H]2CCCC3CCN=[N+]=[N-])CCCC1. The van der Waals surface area contributed by atoms with Gasteiger partial charge in [-0.1, -0.05) is 24.4 Å². The summed E-state index contributed by atoms with van der Waals surface area (Å²) in [7, 11) is -1.63. The topological polar surface area (TPSA) is 70.5 Å². The molecule has 6 heteroatoms. The Morgan fingerprint density at radius 1 is 1.23 bits per heavy atom. The molecule has 1 unspecified atom stereocenters. The molecule has 3 fully saturated rings. The molecule has 0 spiro atoms. The highest BCUT2D eigenvalue weighted by molar-refractivity contribution is 6.69. The Balaban J connectivity index is 1.86. The molecule has 1 heterocycles. The van der Waals surface area contributed by atoms with Crippen LogP contribution in [0.4, 0.5) is 0 Å². The van der Waals surface area contributed by atoms with Gasteiger partial charge in [0.15, 0.2) is 8.32 Å². The third kappa shape index (κ3) is 2.71. The molecule has 5 nitrogen and oxygen atoms in total. The number of ether oxygens (including phenoxy) is 1. The summed E-state index contributed by atoms with van der Waals surface area (Å²) in [6, 6.07) is 0. The first-order valence-electron chi connectivity index (χ1n) is 8.82. The fourth-order valence-electron chi connectivity index (χ4n) is 5.09. The van der Waals surface area contributed by atoms with Crippen molar-refractivity contribution in [3.05, 3.63) is 10.4 Å². The predicted octanol–water partition coefficient (Wildman–Crippen LogP) is 4.79. The predicted molar refractivity (Wildman–Crippen MR) is 89.2 cm³/mol. The lowest BCUT2D eigenvalue weighted by Gasteiger charge is -2.46. The first kappa shape index (κ1) is 16.3. The number of rotatable bonds is 6. The molecule has 1 saturated heterocycles. The number of epoxide rings is 1. The van der Waals surface area contributed by atoms with Crippen molar-refractivity contribution in [3.8, 4) is 0 Å². The fraction of sp³-hybridized carbons (Fsp3) is 1.00. The van der Waals surface area contributed by atoms with Crippen molar-refractivity contribution in [3.63, 3.8) is 0 Å². The quantitative estimate of drug-likeness (QED) is 0.232. The summed E-state index contributed by atoms with van der Waals surface area (Å²) >= 11 is 0. The lowest BCUT2D eigenvalue weighted by atomic mass is 9.67. The van der Waals surface area contributed by atoms with Crippen LogP contribution in [-0.4, -0.2) is 32.2 Å². The van der Waals surface area contributed by atoms with Gasteiger partial charge in [-0.2, -0.15) is 0 Å². The zero-order chi connectivity index (χ0) is 15.8. The van der Waals surface area contributed by atoms with Crippen LogP contribution in [0.1, 0.15) is 51.4 Å². The third-order valence-corrected chi connectivity index (χ3v) is 6.65. The molecule has 0 amide bonds. The van der Waals surface area contributed by atoms with E-state index >= 15 is 0 Å². The number of hydrogen-bond donors (Lipinski definition) is 0. The summed E-state index contributed by atoms with van der Waals surface area (Å²) in [5.41, 5.74) is 8.42. The van der Waals surface area contributed by atoms with Gasteiger partial charge >= 0.3 is 0 Å². The molecule has 3 rings (SSSR count). The van der Waals surface area contributed by atoms with Gasteiger partial charge in [0.25, 0.3) is 0 Å². The summed E-state index contributed by atoms with van der Waals surface area (Å²) in [5, 5.41) is 3.77. The Bertz CT molecular complexity index is 467. The fourth-order valence-corrected chi connectivity index (χ4v) is 6.63. The van der Waals surface area contributed by atoms with E-state index < -0.39 is 8.32 Å². The average molecular weight is 324 g/mol. The summed E-state index contributed by atoms with van der Waals surface area (Å²) in [6.45, 7) is 7.46. The number of nitrogens with zero attached hydrogens (tertiary/aromatic N) is 3. The molecule has 0 N–H and O–H groups in total. The molecular formula is C16H29N3O2Si. The van der Waals surface area contributed by atoms with Gasteiger partial charge in [0, 0.05) is 11.5 Å². The lowest BCUT2D eigenvalue weighted by molar-refractivity contribution is -0.0483. The van der Waals surface area contributed by atoms with E-state index in [0.717, 1.165) is 19.3 Å². The summed E-state index contributed by atoms with van der Waals surface area (Å²) in [6.07, 6.45) is 9.72. The molecule has 124 valence electrons. The number of hydrogen-bond acceptors (Lipinski definition) is 3. The van der Waals surface area contributed by atoms with E-state index in [1.807, 2.05) is 0 Å². The van der Waals surface area contributed by atoms with Gasteiger partial charge in [-0.05, 0) is 63.2 Å². The third-order valence-electron chi connectivity index (χ3n) is 5.65. The van der Waals surface area contributed by atoms with E-state index in [0.29, 0.717) is 18.6 Å². The Morgan fingerprint density at radius 2 is 1.95 bits per heavy atom. The minimum Gasteiger partial charge on any atom is -0.409 e. The second-order valence-electron chi connectivity index (χ2n) is 8.19. The van der Waals surface area contributed by atoms with Gasteiger partial charge in [0.2, 0.25) is 0 Å². The second kappa shape index (κ2) is 5.82. The molecule has 2 saturated carbocycles. The number of fused-ring (bicyclic) bond motifs is 1. The van der Waals surface area contributed by atoms with Gasteiger partial charge < -0.3 is 9.16 Å². The standard InChI is InChI=1S/C16H29N3O2Si/c1-22(2,3)21-15(10-4-5-11-15)16-13(9-12-18-19-17)7-6-8-14(16)20-16/h13-14H,4-12H2,1-3H3/t13?,14-,16+/m1/s1. The van der Waals surface area contributed by atoms with Crippen molar-refractivity contribution in [2.45, 2.75) is 88.3 Å². The summed E-state index contributed by atoms with van der Waals surface area (Å²) in [4.78, 5) is 2.92. The molecular weight excluding hydrogens is 294 g/mol. The first-order chi connectivity index (χ1) is 10.4. The van der Waals surface area contributed by atoms with Gasteiger partial charge in [0.05, 0.1) is 11.7 Å². The van der Waals surface area contributed by atoms with E-state index in [9.17, 15) is 0 Å². The minimum absolute atomic E-state index is 0.0659. The highest BCUT2D eigenvalue weighted by Crippen LogP contribution is 2.64. The van der Waals surface area contributed by atoms with Crippen molar-refractivity contribution in [2.24, 2.45) is 11.0 Å². The van der Waals surface area contributed by atoms with E-state index in [4.69, 9.17) is 14.7 Å². The Hall–Kier alpha value is -0.553. The Kier molecular flexibility index (Phi) is 4.32. The molecule has 0 aromatic rings.